The molecule has 1 unspecified atom stereocenters. The Morgan fingerprint density at radius 3 is 2.81 bits per heavy atom. The third kappa shape index (κ3) is 7.95. The predicted molar refractivity (Wildman–Crippen MR) is 202 cm³/mol. The monoisotopic (exact) mass is 732 g/mol. The molecule has 13 heteroatoms. The fraction of sp³-hybridized carbons (Fsp3) is 0.590. The number of methoxy groups -OCH3 is 1. The van der Waals surface area contributed by atoms with Crippen LogP contribution in [-0.2, 0) is 41.5 Å². The SMILES string of the molecule is CO[C@@H](C)c1ncccc1-c1c2c3cc(ccc3n1CCOC1CCOCC1)C1CSC(=N1)C[C@H](N)C(=O)N1CCC[C@H](N1)C(=O)OCC(C)(C)C2. The van der Waals surface area contributed by atoms with Crippen LogP contribution in [0.1, 0.15) is 81.8 Å². The summed E-state index contributed by atoms with van der Waals surface area (Å²) in [7, 11) is 1.71. The summed E-state index contributed by atoms with van der Waals surface area (Å²) in [6.45, 7) is 9.64. The maximum atomic E-state index is 13.5. The molecule has 4 aliphatic heterocycles. The zero-order chi connectivity index (χ0) is 36.4. The highest BCUT2D eigenvalue weighted by Gasteiger charge is 2.35. The van der Waals surface area contributed by atoms with Crippen LogP contribution in [0, 0.1) is 5.41 Å². The first-order valence-electron chi connectivity index (χ1n) is 18.6. The molecule has 2 fully saturated rings. The van der Waals surface area contributed by atoms with Crippen LogP contribution in [0.2, 0.25) is 0 Å². The van der Waals surface area contributed by atoms with Crippen molar-refractivity contribution in [3.8, 4) is 11.3 Å². The summed E-state index contributed by atoms with van der Waals surface area (Å²) < 4.78 is 26.3. The maximum Gasteiger partial charge on any atom is 0.324 e. The van der Waals surface area contributed by atoms with E-state index in [9.17, 15) is 9.59 Å². The molecular formula is C39H52N6O6S. The van der Waals surface area contributed by atoms with Gasteiger partial charge in [-0.05, 0) is 74.4 Å². The summed E-state index contributed by atoms with van der Waals surface area (Å²) in [6, 6.07) is 9.35. The number of hydrogen-bond acceptors (Lipinski definition) is 11. The van der Waals surface area contributed by atoms with Crippen molar-refractivity contribution in [2.24, 2.45) is 16.1 Å². The summed E-state index contributed by atoms with van der Waals surface area (Å²) in [4.78, 5) is 36.8. The van der Waals surface area contributed by atoms with E-state index >= 15 is 0 Å². The lowest BCUT2D eigenvalue weighted by Gasteiger charge is -2.34. The Morgan fingerprint density at radius 2 is 2.00 bits per heavy atom. The molecule has 1 aromatic carbocycles. The van der Waals surface area contributed by atoms with Crippen LogP contribution < -0.4 is 11.2 Å². The van der Waals surface area contributed by atoms with Crippen molar-refractivity contribution in [3.05, 3.63) is 53.3 Å². The highest BCUT2D eigenvalue weighted by atomic mass is 32.2. The van der Waals surface area contributed by atoms with E-state index in [1.165, 1.54) is 5.01 Å². The van der Waals surface area contributed by atoms with Gasteiger partial charge in [0.05, 0.1) is 53.9 Å². The van der Waals surface area contributed by atoms with E-state index in [-0.39, 0.29) is 36.7 Å². The van der Waals surface area contributed by atoms with Crippen LogP contribution in [-0.4, -0.2) is 95.5 Å². The molecular weight excluding hydrogens is 681 g/mol. The molecule has 6 heterocycles. The second-order valence-corrected chi connectivity index (χ2v) is 16.3. The van der Waals surface area contributed by atoms with Crippen molar-refractivity contribution < 1.29 is 28.5 Å². The van der Waals surface area contributed by atoms with E-state index in [1.807, 2.05) is 19.2 Å². The number of pyridine rings is 1. The molecule has 3 aromatic rings. The summed E-state index contributed by atoms with van der Waals surface area (Å²) in [6.07, 6.45) is 5.80. The van der Waals surface area contributed by atoms with Gasteiger partial charge in [0.25, 0.3) is 5.91 Å². The number of nitrogens with zero attached hydrogens (tertiary/aromatic N) is 4. The van der Waals surface area contributed by atoms with Gasteiger partial charge in [0.1, 0.15) is 6.04 Å². The Kier molecular flexibility index (Phi) is 11.4. The number of rotatable bonds is 7. The largest absolute Gasteiger partial charge is 0.464 e. The van der Waals surface area contributed by atoms with Crippen molar-refractivity contribution in [1.82, 2.24) is 20.0 Å². The van der Waals surface area contributed by atoms with Crippen molar-refractivity contribution in [2.45, 2.75) is 96.2 Å². The molecule has 0 saturated carbocycles. The number of ether oxygens (including phenoxy) is 4. The smallest absolute Gasteiger partial charge is 0.324 e. The van der Waals surface area contributed by atoms with Crippen LogP contribution in [0.4, 0.5) is 0 Å². The third-order valence-electron chi connectivity index (χ3n) is 10.7. The van der Waals surface area contributed by atoms with Gasteiger partial charge in [-0.2, -0.15) is 0 Å². The average molecular weight is 733 g/mol. The number of thioether (sulfide) groups is 1. The molecule has 2 aromatic heterocycles. The number of cyclic esters (lactones) is 1. The molecule has 0 spiro atoms. The Labute approximate surface area is 310 Å². The number of nitrogens with one attached hydrogen (secondary N) is 1. The van der Waals surface area contributed by atoms with Crippen molar-refractivity contribution in [1.29, 1.82) is 0 Å². The Morgan fingerprint density at radius 1 is 1.17 bits per heavy atom. The van der Waals surface area contributed by atoms with Crippen LogP contribution >= 0.6 is 11.8 Å². The molecule has 52 heavy (non-hydrogen) atoms. The van der Waals surface area contributed by atoms with E-state index in [0.29, 0.717) is 45.4 Å². The number of hydrazine groups is 1. The van der Waals surface area contributed by atoms with E-state index < -0.39 is 17.5 Å². The van der Waals surface area contributed by atoms with Crippen molar-refractivity contribution in [3.63, 3.8) is 0 Å². The van der Waals surface area contributed by atoms with Gasteiger partial charge in [0, 0.05) is 73.7 Å². The highest BCUT2D eigenvalue weighted by molar-refractivity contribution is 8.14. The number of hydrogen-bond donors (Lipinski definition) is 2. The lowest BCUT2D eigenvalue weighted by Crippen LogP contribution is -2.59. The molecule has 2 saturated heterocycles. The molecule has 280 valence electrons. The number of aromatic nitrogens is 2. The summed E-state index contributed by atoms with van der Waals surface area (Å²) in [5, 5.41) is 3.50. The number of carbonyl (C=O) groups excluding carboxylic acids is 2. The van der Waals surface area contributed by atoms with Gasteiger partial charge in [0.2, 0.25) is 0 Å². The number of aliphatic imine (C=N–C) groups is 1. The van der Waals surface area contributed by atoms with Gasteiger partial charge in [-0.15, -0.1) is 11.8 Å². The average Bonchev–Trinajstić information content (AvgIpc) is 3.75. The van der Waals surface area contributed by atoms with Gasteiger partial charge < -0.3 is 29.2 Å². The van der Waals surface area contributed by atoms with Gasteiger partial charge in [-0.1, -0.05) is 19.9 Å². The third-order valence-corrected chi connectivity index (χ3v) is 11.8. The second-order valence-electron chi connectivity index (χ2n) is 15.2. The van der Waals surface area contributed by atoms with Gasteiger partial charge in [0.15, 0.2) is 0 Å². The number of carbonyl (C=O) groups is 2. The van der Waals surface area contributed by atoms with Crippen LogP contribution in [0.5, 0.6) is 0 Å². The number of esters is 1. The fourth-order valence-electron chi connectivity index (χ4n) is 7.77. The van der Waals surface area contributed by atoms with E-state index in [4.69, 9.17) is 34.7 Å². The van der Waals surface area contributed by atoms with Gasteiger partial charge in [-0.3, -0.25) is 24.6 Å². The fourth-order valence-corrected chi connectivity index (χ4v) is 8.88. The summed E-state index contributed by atoms with van der Waals surface area (Å²) in [5.41, 5.74) is 15.4. The van der Waals surface area contributed by atoms with Gasteiger partial charge in [-0.25, -0.2) is 5.43 Å². The molecule has 12 nitrogen and oxygen atoms in total. The topological polar surface area (TPSA) is 143 Å². The molecule has 0 aliphatic carbocycles. The number of fused-ring (bicyclic) bond motifs is 5. The molecule has 0 radical (unpaired) electrons. The van der Waals surface area contributed by atoms with Crippen LogP contribution in [0.3, 0.4) is 0 Å². The zero-order valence-corrected chi connectivity index (χ0v) is 31.6. The highest BCUT2D eigenvalue weighted by Crippen LogP contribution is 2.42. The first kappa shape index (κ1) is 37.0. The summed E-state index contributed by atoms with van der Waals surface area (Å²) >= 11 is 1.66. The van der Waals surface area contributed by atoms with E-state index in [0.717, 1.165) is 75.8 Å². The molecule has 7 rings (SSSR count). The Bertz CT molecular complexity index is 1800. The summed E-state index contributed by atoms with van der Waals surface area (Å²) in [5.74, 6) is 0.182. The minimum absolute atomic E-state index is 0.0592. The molecule has 3 N–H and O–H groups in total. The maximum absolute atomic E-state index is 13.5. The first-order chi connectivity index (χ1) is 25.1. The number of benzene rings is 1. The normalized spacial score (nSPS) is 25.1. The Balaban J connectivity index is 1.35. The standard InChI is InChI=1S/C39H52N6O6S/c1-24(48-4)35-27(7-5-13-41-35)36-29-21-39(2,3)23-51-38(47)31-8-6-14-45(43-31)37(46)30(40)20-34-42-32(22-52-34)25-9-10-33(28(29)19-25)44(36)15-18-50-26-11-16-49-17-12-26/h5,7,9-10,13,19,24,26,30-32,43H,6,8,11-12,14-18,20-23,40H2,1-4H3/t24-,30-,31-,32?/m0/s1. The van der Waals surface area contributed by atoms with Crippen LogP contribution in [0.25, 0.3) is 22.2 Å². The van der Waals surface area contributed by atoms with E-state index in [1.54, 1.807) is 18.9 Å². The quantitative estimate of drug-likeness (QED) is 0.314. The number of nitrogens with two attached hydrogens (primary N) is 1. The Hall–Kier alpha value is -3.33. The zero-order valence-electron chi connectivity index (χ0n) is 30.8. The van der Waals surface area contributed by atoms with Gasteiger partial charge >= 0.3 is 5.97 Å². The second kappa shape index (κ2) is 16.0. The molecule has 1 amide bonds. The predicted octanol–water partition coefficient (Wildman–Crippen LogP) is 5.13. The molecule has 6 bridgehead atoms. The van der Waals surface area contributed by atoms with Crippen molar-refractivity contribution >= 4 is 39.6 Å². The van der Waals surface area contributed by atoms with Crippen LogP contribution in [0.15, 0.2) is 41.5 Å². The lowest BCUT2D eigenvalue weighted by atomic mass is 9.84. The first-order valence-corrected chi connectivity index (χ1v) is 19.6. The lowest BCUT2D eigenvalue weighted by molar-refractivity contribution is -0.154. The molecule has 4 atom stereocenters. The molecule has 4 aliphatic rings. The number of amides is 1. The van der Waals surface area contributed by atoms with E-state index in [2.05, 4.69) is 48.1 Å². The van der Waals surface area contributed by atoms with Crippen molar-refractivity contribution in [2.75, 3.05) is 45.8 Å². The minimum Gasteiger partial charge on any atom is -0.464 e. The minimum atomic E-state index is -0.762.